The Bertz CT molecular complexity index is 850. The van der Waals surface area contributed by atoms with Gasteiger partial charge in [-0.05, 0) is 51.4 Å². The average Bonchev–Trinajstić information content (AvgIpc) is 2.66. The van der Waals surface area contributed by atoms with Crippen molar-refractivity contribution in [1.29, 1.82) is 0 Å². The molecule has 0 radical (unpaired) electrons. The molecular formula is C23H40N4O5Si. The van der Waals surface area contributed by atoms with Gasteiger partial charge in [0.05, 0.1) is 17.1 Å². The molecule has 1 saturated heterocycles. The van der Waals surface area contributed by atoms with Crippen LogP contribution in [-0.2, 0) is 9.16 Å². The summed E-state index contributed by atoms with van der Waals surface area (Å²) in [7, 11) is -2.15. The number of piperidine rings is 1. The Hall–Kier alpha value is -2.20. The van der Waals surface area contributed by atoms with Gasteiger partial charge in [0.1, 0.15) is 17.5 Å². The van der Waals surface area contributed by atoms with Crippen LogP contribution < -0.4 is 10.2 Å². The zero-order chi connectivity index (χ0) is 25.2. The highest BCUT2D eigenvalue weighted by atomic mass is 28.4. The van der Waals surface area contributed by atoms with Gasteiger partial charge >= 0.3 is 11.8 Å². The molecule has 9 nitrogen and oxygen atoms in total. The molecule has 1 aliphatic heterocycles. The summed E-state index contributed by atoms with van der Waals surface area (Å²) < 4.78 is 12.4. The van der Waals surface area contributed by atoms with Crippen LogP contribution in [0.1, 0.15) is 54.9 Å². The number of hydrogen-bond acceptors (Lipinski definition) is 7. The number of alkyl carbamates (subject to hydrolysis) is 1. The van der Waals surface area contributed by atoms with Gasteiger partial charge in [0.15, 0.2) is 8.32 Å². The minimum Gasteiger partial charge on any atom is -0.444 e. The van der Waals surface area contributed by atoms with E-state index >= 15 is 0 Å². The highest BCUT2D eigenvalue weighted by Gasteiger charge is 2.46. The number of anilines is 1. The number of nitrogens with zero attached hydrogens (tertiary/aromatic N) is 3. The predicted octanol–water partition coefficient (Wildman–Crippen LogP) is 5.12. The monoisotopic (exact) mass is 480 g/mol. The maximum atomic E-state index is 12.7. The molecule has 0 aliphatic carbocycles. The third kappa shape index (κ3) is 6.89. The fraction of sp³-hybridized carbons (Fsp3) is 0.739. The van der Waals surface area contributed by atoms with Crippen molar-refractivity contribution in [1.82, 2.24) is 10.3 Å². The summed E-state index contributed by atoms with van der Waals surface area (Å²) in [6.07, 6.45) is 2.89. The molecule has 0 spiro atoms. The number of nitro groups is 1. The van der Waals surface area contributed by atoms with E-state index in [1.807, 2.05) is 25.7 Å². The first-order valence-electron chi connectivity index (χ1n) is 11.6. The zero-order valence-corrected chi connectivity index (χ0v) is 22.5. The topological polar surface area (TPSA) is 107 Å². The van der Waals surface area contributed by atoms with E-state index in [1.54, 1.807) is 12.3 Å². The third-order valence-electron chi connectivity index (χ3n) is 6.51. The molecule has 10 heteroatoms. The van der Waals surface area contributed by atoms with E-state index in [0.29, 0.717) is 18.8 Å². The maximum absolute atomic E-state index is 12.7. The van der Waals surface area contributed by atoms with Gasteiger partial charge in [-0.3, -0.25) is 15.1 Å². The predicted molar refractivity (Wildman–Crippen MR) is 132 cm³/mol. The lowest BCUT2D eigenvalue weighted by Gasteiger charge is -2.49. The third-order valence-corrected chi connectivity index (χ3v) is 11.0. The van der Waals surface area contributed by atoms with E-state index in [1.165, 1.54) is 6.20 Å². The fourth-order valence-electron chi connectivity index (χ4n) is 3.76. The van der Waals surface area contributed by atoms with E-state index in [2.05, 4.69) is 51.1 Å². The van der Waals surface area contributed by atoms with Crippen LogP contribution in [0, 0.1) is 16.0 Å². The van der Waals surface area contributed by atoms with Gasteiger partial charge in [-0.15, -0.1) is 0 Å². The summed E-state index contributed by atoms with van der Waals surface area (Å²) in [4.78, 5) is 29.8. The van der Waals surface area contributed by atoms with Crippen LogP contribution in [0.2, 0.25) is 18.1 Å². The lowest BCUT2D eigenvalue weighted by molar-refractivity contribution is -0.384. The number of pyridine rings is 1. The van der Waals surface area contributed by atoms with Gasteiger partial charge in [0, 0.05) is 25.2 Å². The van der Waals surface area contributed by atoms with Gasteiger partial charge in [-0.25, -0.2) is 4.79 Å². The number of aromatic nitrogens is 1. The minimum absolute atomic E-state index is 0.00276. The van der Waals surface area contributed by atoms with E-state index < -0.39 is 24.9 Å². The lowest BCUT2D eigenvalue weighted by Crippen LogP contribution is -2.63. The summed E-state index contributed by atoms with van der Waals surface area (Å²) in [6, 6.07) is 1.27. The molecule has 2 heterocycles. The molecule has 33 heavy (non-hydrogen) atoms. The van der Waals surface area contributed by atoms with Crippen molar-refractivity contribution < 1.29 is 18.9 Å². The number of ether oxygens (including phenoxy) is 1. The molecule has 0 aromatic carbocycles. The van der Waals surface area contributed by atoms with Crippen LogP contribution in [0.5, 0.6) is 0 Å². The van der Waals surface area contributed by atoms with E-state index in [0.717, 1.165) is 6.42 Å². The largest absolute Gasteiger partial charge is 0.444 e. The Morgan fingerprint density at radius 3 is 2.42 bits per heavy atom. The Kier molecular flexibility index (Phi) is 8.17. The fourth-order valence-corrected chi connectivity index (χ4v) is 5.15. The van der Waals surface area contributed by atoms with Crippen molar-refractivity contribution in [2.24, 2.45) is 5.92 Å². The molecule has 186 valence electrons. The second-order valence-corrected chi connectivity index (χ2v) is 16.0. The van der Waals surface area contributed by atoms with Crippen LogP contribution in [0.4, 0.5) is 16.2 Å². The molecular weight excluding hydrogens is 440 g/mol. The molecule has 0 unspecified atom stereocenters. The molecule has 0 bridgehead atoms. The molecule has 3 atom stereocenters. The van der Waals surface area contributed by atoms with Crippen LogP contribution in [0.15, 0.2) is 18.5 Å². The second kappa shape index (κ2) is 9.96. The summed E-state index contributed by atoms with van der Waals surface area (Å²) >= 11 is 0. The number of carbonyl (C=O) groups is 1. The Labute approximate surface area is 198 Å². The number of rotatable bonds is 6. The van der Waals surface area contributed by atoms with Crippen LogP contribution >= 0.6 is 0 Å². The molecule has 1 aromatic heterocycles. The molecule has 1 N–H and O–H groups in total. The first-order chi connectivity index (χ1) is 15.1. The molecule has 1 aliphatic rings. The number of hydrogen-bond donors (Lipinski definition) is 1. The highest BCUT2D eigenvalue weighted by Crippen LogP contribution is 2.40. The molecule has 1 amide bonds. The average molecular weight is 481 g/mol. The summed E-state index contributed by atoms with van der Waals surface area (Å²) in [5.41, 5.74) is -0.190. The standard InChI is InChI=1S/C23H40N4O5Si/c1-10-16-14-26(18-11-12-24-13-19(18)27(29)30)15-17(25-21(28)31-22(2,3)4)20(16)32-33(8,9)23(5,6)7/h11-13,16-17,20H,10,14-15H2,1-9H3,(H,25,28)/t16-,17+,20+/m0/s1. The van der Waals surface area contributed by atoms with E-state index in [-0.39, 0.29) is 28.8 Å². The van der Waals surface area contributed by atoms with E-state index in [4.69, 9.17) is 9.16 Å². The van der Waals surface area contributed by atoms with Gasteiger partial charge in [-0.1, -0.05) is 27.7 Å². The van der Waals surface area contributed by atoms with Crippen LogP contribution in [-0.4, -0.2) is 55.2 Å². The minimum atomic E-state index is -2.15. The first kappa shape index (κ1) is 27.0. The zero-order valence-electron chi connectivity index (χ0n) is 21.5. The summed E-state index contributed by atoms with van der Waals surface area (Å²) in [6.45, 7) is 19.5. The van der Waals surface area contributed by atoms with Crippen molar-refractivity contribution >= 4 is 25.8 Å². The van der Waals surface area contributed by atoms with Crippen molar-refractivity contribution in [2.45, 2.75) is 90.8 Å². The number of nitrogens with one attached hydrogen (secondary N) is 1. The Morgan fingerprint density at radius 2 is 1.91 bits per heavy atom. The smallest absolute Gasteiger partial charge is 0.408 e. The van der Waals surface area contributed by atoms with Crippen molar-refractivity contribution in [3.05, 3.63) is 28.6 Å². The van der Waals surface area contributed by atoms with Gasteiger partial charge in [-0.2, -0.15) is 0 Å². The second-order valence-electron chi connectivity index (χ2n) is 11.3. The summed E-state index contributed by atoms with van der Waals surface area (Å²) in [5.74, 6) is 0.0700. The number of amides is 1. The van der Waals surface area contributed by atoms with Crippen molar-refractivity contribution in [2.75, 3.05) is 18.0 Å². The molecule has 2 rings (SSSR count). The Balaban J connectivity index is 2.43. The molecule has 0 saturated carbocycles. The maximum Gasteiger partial charge on any atom is 0.408 e. The molecule has 1 aromatic rings. The Morgan fingerprint density at radius 1 is 1.27 bits per heavy atom. The lowest BCUT2D eigenvalue weighted by atomic mass is 9.88. The summed E-state index contributed by atoms with van der Waals surface area (Å²) in [5, 5.41) is 14.6. The first-order valence-corrected chi connectivity index (χ1v) is 14.5. The van der Waals surface area contributed by atoms with Gasteiger partial charge < -0.3 is 19.4 Å². The van der Waals surface area contributed by atoms with Gasteiger partial charge in [0.25, 0.3) is 0 Å². The van der Waals surface area contributed by atoms with Crippen LogP contribution in [0.25, 0.3) is 0 Å². The molecule has 1 fully saturated rings. The van der Waals surface area contributed by atoms with Crippen molar-refractivity contribution in [3.8, 4) is 0 Å². The van der Waals surface area contributed by atoms with Crippen LogP contribution in [0.3, 0.4) is 0 Å². The normalized spacial score (nSPS) is 22.1. The number of carbonyl (C=O) groups excluding carboxylic acids is 1. The van der Waals surface area contributed by atoms with E-state index in [9.17, 15) is 14.9 Å². The highest BCUT2D eigenvalue weighted by molar-refractivity contribution is 6.74. The SMILES string of the molecule is CC[C@H]1CN(c2ccncc2[N+](=O)[O-])C[C@@H](NC(=O)OC(C)(C)C)[C@@H]1O[Si](C)(C)C(C)(C)C. The van der Waals surface area contributed by atoms with Crippen molar-refractivity contribution in [3.63, 3.8) is 0 Å². The quantitative estimate of drug-likeness (QED) is 0.342. The van der Waals surface area contributed by atoms with Gasteiger partial charge in [0.2, 0.25) is 0 Å².